The van der Waals surface area contributed by atoms with Gasteiger partial charge in [0.25, 0.3) is 0 Å². The average molecular weight is 349 g/mol. The first-order valence-corrected chi connectivity index (χ1v) is 8.10. The van der Waals surface area contributed by atoms with Crippen LogP contribution in [0.25, 0.3) is 11.1 Å². The van der Waals surface area contributed by atoms with Crippen molar-refractivity contribution < 1.29 is 19.0 Å². The lowest BCUT2D eigenvalue weighted by atomic mass is 9.96. The number of hydrogen-bond acceptors (Lipinski definition) is 5. The lowest BCUT2D eigenvalue weighted by Gasteiger charge is -2.14. The van der Waals surface area contributed by atoms with E-state index in [1.165, 1.54) is 7.11 Å². The summed E-state index contributed by atoms with van der Waals surface area (Å²) in [5.74, 6) is 0.969. The number of benzene rings is 2. The van der Waals surface area contributed by atoms with Crippen LogP contribution in [0.15, 0.2) is 67.0 Å². The predicted octanol–water partition coefficient (Wildman–Crippen LogP) is 4.12. The zero-order valence-corrected chi connectivity index (χ0v) is 14.6. The number of para-hydroxylation sites is 1. The maximum atomic E-state index is 12.2. The van der Waals surface area contributed by atoms with Crippen LogP contribution in [0.4, 0.5) is 0 Å². The highest BCUT2D eigenvalue weighted by atomic mass is 16.5. The van der Waals surface area contributed by atoms with E-state index in [4.69, 9.17) is 14.2 Å². The van der Waals surface area contributed by atoms with E-state index in [0.29, 0.717) is 23.7 Å². The number of ether oxygens (including phenoxy) is 3. The smallest absolute Gasteiger partial charge is 0.338 e. The average Bonchev–Trinajstić information content (AvgIpc) is 2.72. The van der Waals surface area contributed by atoms with Gasteiger partial charge in [-0.2, -0.15) is 0 Å². The summed E-state index contributed by atoms with van der Waals surface area (Å²) in [5.41, 5.74) is 2.95. The van der Waals surface area contributed by atoms with Crippen LogP contribution in [0.5, 0.6) is 11.5 Å². The third kappa shape index (κ3) is 3.83. The van der Waals surface area contributed by atoms with Gasteiger partial charge >= 0.3 is 5.97 Å². The number of nitrogens with zero attached hydrogens (tertiary/aromatic N) is 1. The Labute approximate surface area is 152 Å². The molecule has 0 atom stereocenters. The Morgan fingerprint density at radius 3 is 2.58 bits per heavy atom. The van der Waals surface area contributed by atoms with Crippen LogP contribution in [0, 0.1) is 0 Å². The maximum Gasteiger partial charge on any atom is 0.338 e. The van der Waals surface area contributed by atoms with Gasteiger partial charge in [-0.1, -0.05) is 24.3 Å². The standard InChI is InChI=1S/C21H19NO4/c1-24-20-8-4-3-7-17(20)19-12-15(9-10-18(19)21(23)25-2)14-26-16-6-5-11-22-13-16/h3-13H,14H2,1-2H3. The first-order chi connectivity index (χ1) is 12.7. The SMILES string of the molecule is COC(=O)c1ccc(COc2cccnc2)cc1-c1ccccc1OC. The maximum absolute atomic E-state index is 12.2. The van der Waals surface area contributed by atoms with Crippen molar-refractivity contribution in [1.82, 2.24) is 4.98 Å². The summed E-state index contributed by atoms with van der Waals surface area (Å²) in [6.07, 6.45) is 3.35. The molecule has 0 radical (unpaired) electrons. The summed E-state index contributed by atoms with van der Waals surface area (Å²) < 4.78 is 16.1. The quantitative estimate of drug-likeness (QED) is 0.627. The minimum absolute atomic E-state index is 0.356. The molecule has 0 aliphatic carbocycles. The molecule has 1 aromatic heterocycles. The second kappa shape index (κ2) is 8.16. The second-order valence-corrected chi connectivity index (χ2v) is 5.55. The molecule has 5 nitrogen and oxygen atoms in total. The number of hydrogen-bond donors (Lipinski definition) is 0. The van der Waals surface area contributed by atoms with Gasteiger partial charge in [-0.25, -0.2) is 4.79 Å². The summed E-state index contributed by atoms with van der Waals surface area (Å²) in [5, 5.41) is 0. The highest BCUT2D eigenvalue weighted by Gasteiger charge is 2.17. The summed E-state index contributed by atoms with van der Waals surface area (Å²) in [6.45, 7) is 0.356. The fourth-order valence-corrected chi connectivity index (χ4v) is 2.66. The van der Waals surface area contributed by atoms with Gasteiger partial charge in [-0.15, -0.1) is 0 Å². The number of methoxy groups -OCH3 is 2. The molecule has 0 amide bonds. The Bertz CT molecular complexity index is 894. The van der Waals surface area contributed by atoms with Crippen molar-refractivity contribution >= 4 is 5.97 Å². The number of rotatable bonds is 6. The molecule has 0 unspecified atom stereocenters. The second-order valence-electron chi connectivity index (χ2n) is 5.55. The van der Waals surface area contributed by atoms with Crippen molar-refractivity contribution in [1.29, 1.82) is 0 Å². The van der Waals surface area contributed by atoms with Crippen LogP contribution < -0.4 is 9.47 Å². The van der Waals surface area contributed by atoms with Crippen molar-refractivity contribution in [3.05, 3.63) is 78.1 Å². The molecule has 0 saturated heterocycles. The van der Waals surface area contributed by atoms with Gasteiger partial charge in [0.15, 0.2) is 0 Å². The molecule has 3 aromatic rings. The van der Waals surface area contributed by atoms with Gasteiger partial charge < -0.3 is 14.2 Å². The summed E-state index contributed by atoms with van der Waals surface area (Å²) in [4.78, 5) is 16.2. The molecule has 2 aromatic carbocycles. The van der Waals surface area contributed by atoms with Crippen molar-refractivity contribution in [2.24, 2.45) is 0 Å². The van der Waals surface area contributed by atoms with E-state index >= 15 is 0 Å². The first kappa shape index (κ1) is 17.5. The number of carbonyl (C=O) groups is 1. The molecule has 1 heterocycles. The molecule has 0 N–H and O–H groups in total. The van der Waals surface area contributed by atoms with E-state index < -0.39 is 5.97 Å². The molecular weight excluding hydrogens is 330 g/mol. The van der Waals surface area contributed by atoms with E-state index in [2.05, 4.69) is 4.98 Å². The molecule has 0 spiro atoms. The predicted molar refractivity (Wildman–Crippen MR) is 98.3 cm³/mol. The Balaban J connectivity index is 1.98. The van der Waals surface area contributed by atoms with E-state index in [9.17, 15) is 4.79 Å². The fourth-order valence-electron chi connectivity index (χ4n) is 2.66. The lowest BCUT2D eigenvalue weighted by molar-refractivity contribution is 0.0601. The Morgan fingerprint density at radius 1 is 1.00 bits per heavy atom. The number of esters is 1. The topological polar surface area (TPSA) is 57.7 Å². The molecule has 5 heteroatoms. The normalized spacial score (nSPS) is 10.2. The van der Waals surface area contributed by atoms with Gasteiger partial charge in [0.2, 0.25) is 0 Å². The minimum Gasteiger partial charge on any atom is -0.496 e. The van der Waals surface area contributed by atoms with E-state index in [1.54, 1.807) is 25.6 Å². The molecule has 26 heavy (non-hydrogen) atoms. The van der Waals surface area contributed by atoms with E-state index in [0.717, 1.165) is 16.7 Å². The number of pyridine rings is 1. The monoisotopic (exact) mass is 349 g/mol. The van der Waals surface area contributed by atoms with Crippen LogP contribution in [0.3, 0.4) is 0 Å². The van der Waals surface area contributed by atoms with Gasteiger partial charge in [0, 0.05) is 17.3 Å². The molecule has 0 fully saturated rings. The molecule has 0 aliphatic rings. The van der Waals surface area contributed by atoms with Crippen molar-refractivity contribution in [2.45, 2.75) is 6.61 Å². The van der Waals surface area contributed by atoms with Crippen LogP contribution in [-0.2, 0) is 11.3 Å². The Kier molecular flexibility index (Phi) is 5.49. The van der Waals surface area contributed by atoms with Crippen LogP contribution >= 0.6 is 0 Å². The van der Waals surface area contributed by atoms with E-state index in [-0.39, 0.29) is 0 Å². The molecule has 0 saturated carbocycles. The number of aromatic nitrogens is 1. The summed E-state index contributed by atoms with van der Waals surface area (Å²) >= 11 is 0. The largest absolute Gasteiger partial charge is 0.496 e. The first-order valence-electron chi connectivity index (χ1n) is 8.10. The van der Waals surface area contributed by atoms with Crippen molar-refractivity contribution in [3.8, 4) is 22.6 Å². The van der Waals surface area contributed by atoms with Crippen molar-refractivity contribution in [3.63, 3.8) is 0 Å². The van der Waals surface area contributed by atoms with Crippen LogP contribution in [0.1, 0.15) is 15.9 Å². The minimum atomic E-state index is -0.398. The molecular formula is C21H19NO4. The van der Waals surface area contributed by atoms with Crippen LogP contribution in [0.2, 0.25) is 0 Å². The van der Waals surface area contributed by atoms with Gasteiger partial charge in [0.1, 0.15) is 18.1 Å². The highest BCUT2D eigenvalue weighted by Crippen LogP contribution is 2.33. The highest BCUT2D eigenvalue weighted by molar-refractivity contribution is 5.98. The third-order valence-electron chi connectivity index (χ3n) is 3.93. The fraction of sp³-hybridized carbons (Fsp3) is 0.143. The zero-order chi connectivity index (χ0) is 18.4. The number of carbonyl (C=O) groups excluding carboxylic acids is 1. The summed E-state index contributed by atoms with van der Waals surface area (Å²) in [7, 11) is 2.97. The van der Waals surface area contributed by atoms with Crippen LogP contribution in [-0.4, -0.2) is 25.2 Å². The van der Waals surface area contributed by atoms with E-state index in [1.807, 2.05) is 48.5 Å². The van der Waals surface area contributed by atoms with Crippen molar-refractivity contribution in [2.75, 3.05) is 14.2 Å². The Morgan fingerprint density at radius 2 is 1.85 bits per heavy atom. The zero-order valence-electron chi connectivity index (χ0n) is 14.6. The molecule has 3 rings (SSSR count). The molecule has 0 bridgehead atoms. The summed E-state index contributed by atoms with van der Waals surface area (Å²) in [6, 6.07) is 16.7. The van der Waals surface area contributed by atoms with Gasteiger partial charge in [-0.3, -0.25) is 4.98 Å². The molecule has 0 aliphatic heterocycles. The van der Waals surface area contributed by atoms with Gasteiger partial charge in [0.05, 0.1) is 26.0 Å². The lowest BCUT2D eigenvalue weighted by Crippen LogP contribution is -2.06. The van der Waals surface area contributed by atoms with Gasteiger partial charge in [-0.05, 0) is 35.9 Å². The third-order valence-corrected chi connectivity index (χ3v) is 3.93. The molecule has 132 valence electrons. The Hall–Kier alpha value is -3.34.